The average Bonchev–Trinajstić information content (AvgIpc) is 3.12. The molecule has 1 spiro atoms. The van der Waals surface area contributed by atoms with E-state index >= 15 is 0 Å². The van der Waals surface area contributed by atoms with E-state index in [0.29, 0.717) is 11.2 Å². The van der Waals surface area contributed by atoms with Crippen LogP contribution in [0.2, 0.25) is 0 Å². The Morgan fingerprint density at radius 3 is 2.73 bits per heavy atom. The van der Waals surface area contributed by atoms with E-state index in [0.717, 1.165) is 24.3 Å². The van der Waals surface area contributed by atoms with Crippen molar-refractivity contribution in [3.8, 4) is 0 Å². The van der Waals surface area contributed by atoms with Gasteiger partial charge in [-0.3, -0.25) is 4.79 Å². The van der Waals surface area contributed by atoms with Gasteiger partial charge in [0.05, 0.1) is 22.0 Å². The van der Waals surface area contributed by atoms with Gasteiger partial charge in [0.15, 0.2) is 0 Å². The van der Waals surface area contributed by atoms with Crippen molar-refractivity contribution in [2.45, 2.75) is 37.4 Å². The minimum atomic E-state index is -0.425. The first kappa shape index (κ1) is 15.4. The fraction of sp³-hybridized carbons (Fsp3) is 0.824. The highest BCUT2D eigenvalue weighted by atomic mass is 32.2. The third-order valence-corrected chi connectivity index (χ3v) is 9.51. The van der Waals surface area contributed by atoms with Crippen LogP contribution in [0.4, 0.5) is 0 Å². The summed E-state index contributed by atoms with van der Waals surface area (Å²) in [6.07, 6.45) is 5.94. The largest absolute Gasteiger partial charge is 0.465 e. The second kappa shape index (κ2) is 5.18. The molecule has 3 fully saturated rings. The van der Waals surface area contributed by atoms with E-state index in [9.17, 15) is 9.90 Å². The Balaban J connectivity index is 1.80. The van der Waals surface area contributed by atoms with Gasteiger partial charge >= 0.3 is 5.97 Å². The van der Waals surface area contributed by atoms with Crippen molar-refractivity contribution < 1.29 is 14.6 Å². The summed E-state index contributed by atoms with van der Waals surface area (Å²) in [6, 6.07) is 0. The van der Waals surface area contributed by atoms with Crippen molar-refractivity contribution in [2.24, 2.45) is 28.6 Å². The number of aliphatic hydroxyl groups excluding tert-OH is 1. The van der Waals surface area contributed by atoms with Gasteiger partial charge in [-0.05, 0) is 24.2 Å². The molecule has 4 aliphatic rings. The van der Waals surface area contributed by atoms with E-state index in [1.807, 2.05) is 23.5 Å². The average molecular weight is 341 g/mol. The number of cyclic esters (lactones) is 1. The maximum atomic E-state index is 12.6. The number of aliphatic hydroxyl groups is 1. The number of carbonyl (C=O) groups is 1. The van der Waals surface area contributed by atoms with Crippen molar-refractivity contribution in [3.63, 3.8) is 0 Å². The molecule has 2 aliphatic heterocycles. The number of ether oxygens (including phenoxy) is 1. The van der Waals surface area contributed by atoms with Crippen molar-refractivity contribution in [2.75, 3.05) is 18.1 Å². The lowest BCUT2D eigenvalue weighted by atomic mass is 9.48. The zero-order valence-electron chi connectivity index (χ0n) is 13.2. The van der Waals surface area contributed by atoms with Crippen molar-refractivity contribution >= 4 is 29.5 Å². The first-order chi connectivity index (χ1) is 10.5. The molecule has 1 saturated carbocycles. The van der Waals surface area contributed by atoms with Gasteiger partial charge in [-0.25, -0.2) is 0 Å². The van der Waals surface area contributed by atoms with Crippen LogP contribution < -0.4 is 0 Å². The number of allylic oxidation sites excluding steroid dienone is 2. The van der Waals surface area contributed by atoms with Crippen LogP contribution in [0, 0.1) is 28.6 Å². The summed E-state index contributed by atoms with van der Waals surface area (Å²) in [5.41, 5.74) is -0.287. The highest BCUT2D eigenvalue weighted by Gasteiger charge is 2.67. The molecule has 1 N–H and O–H groups in total. The molecule has 5 atom stereocenters. The van der Waals surface area contributed by atoms with Crippen LogP contribution in [-0.4, -0.2) is 39.9 Å². The Kier molecular flexibility index (Phi) is 3.63. The normalized spacial score (nSPS) is 47.1. The molecule has 22 heavy (non-hydrogen) atoms. The highest BCUT2D eigenvalue weighted by molar-refractivity contribution is 8.20. The first-order valence-corrected chi connectivity index (χ1v) is 10.3. The molecular formula is C17H24O3S2. The third-order valence-electron chi connectivity index (χ3n) is 6.27. The van der Waals surface area contributed by atoms with E-state index in [1.165, 1.54) is 0 Å². The SMILES string of the molecule is CC1(C)CC[C@H](O)C23COC(=O)C2C(C2SCCS2)C=CC13. The lowest BCUT2D eigenvalue weighted by molar-refractivity contribution is -0.145. The fourth-order valence-corrected chi connectivity index (χ4v) is 8.34. The third kappa shape index (κ3) is 1.97. The predicted molar refractivity (Wildman–Crippen MR) is 90.7 cm³/mol. The number of hydrogen-bond acceptors (Lipinski definition) is 5. The zero-order valence-corrected chi connectivity index (χ0v) is 14.8. The second-order valence-corrected chi connectivity index (χ2v) is 10.6. The smallest absolute Gasteiger partial charge is 0.310 e. The standard InChI is InChI=1S/C17H24O3S2/c1-16(2)6-5-12(18)17-9-20-14(19)13(17)10(3-4-11(16)17)15-21-7-8-22-15/h3-4,10-13,15,18H,5-9H2,1-2H3/t10?,11?,12-,13?,17?/m0/s1. The molecule has 5 heteroatoms. The Bertz CT molecular complexity index is 512. The monoisotopic (exact) mass is 340 g/mol. The Hall–Kier alpha value is -0.130. The van der Waals surface area contributed by atoms with Crippen LogP contribution in [0.3, 0.4) is 0 Å². The Morgan fingerprint density at radius 1 is 1.27 bits per heavy atom. The minimum absolute atomic E-state index is 0.0794. The van der Waals surface area contributed by atoms with E-state index in [2.05, 4.69) is 26.0 Å². The molecule has 0 amide bonds. The van der Waals surface area contributed by atoms with Crippen LogP contribution in [0.15, 0.2) is 12.2 Å². The molecule has 0 aromatic heterocycles. The van der Waals surface area contributed by atoms with E-state index in [4.69, 9.17) is 4.74 Å². The van der Waals surface area contributed by atoms with E-state index < -0.39 is 11.5 Å². The van der Waals surface area contributed by atoms with Crippen LogP contribution in [0.5, 0.6) is 0 Å². The summed E-state index contributed by atoms with van der Waals surface area (Å²) in [6.45, 7) is 4.94. The van der Waals surface area contributed by atoms with Gasteiger partial charge in [-0.15, -0.1) is 23.5 Å². The molecular weight excluding hydrogens is 316 g/mol. The minimum Gasteiger partial charge on any atom is -0.465 e. The van der Waals surface area contributed by atoms with Gasteiger partial charge in [-0.2, -0.15) is 0 Å². The van der Waals surface area contributed by atoms with Gasteiger partial charge in [0, 0.05) is 17.4 Å². The number of carbonyl (C=O) groups excluding carboxylic acids is 1. The van der Waals surface area contributed by atoms with Crippen LogP contribution >= 0.6 is 23.5 Å². The molecule has 0 radical (unpaired) electrons. The first-order valence-electron chi connectivity index (χ1n) is 8.23. The van der Waals surface area contributed by atoms with E-state index in [1.54, 1.807) is 0 Å². The fourth-order valence-electron chi connectivity index (χ4n) is 5.20. The Labute approximate surface area is 140 Å². The van der Waals surface area contributed by atoms with Gasteiger partial charge in [-0.1, -0.05) is 26.0 Å². The van der Waals surface area contributed by atoms with Crippen LogP contribution in [0.1, 0.15) is 26.7 Å². The predicted octanol–water partition coefficient (Wildman–Crippen LogP) is 2.94. The van der Waals surface area contributed by atoms with Gasteiger partial charge in [0.1, 0.15) is 6.61 Å². The van der Waals surface area contributed by atoms with Crippen molar-refractivity contribution in [3.05, 3.63) is 12.2 Å². The molecule has 0 bridgehead atoms. The lowest BCUT2D eigenvalue weighted by Gasteiger charge is -2.56. The van der Waals surface area contributed by atoms with Gasteiger partial charge in [0.2, 0.25) is 0 Å². The number of rotatable bonds is 1. The molecule has 0 aromatic carbocycles. The molecule has 2 heterocycles. The summed E-state index contributed by atoms with van der Waals surface area (Å²) in [4.78, 5) is 12.6. The van der Waals surface area contributed by atoms with Crippen LogP contribution in [-0.2, 0) is 9.53 Å². The Morgan fingerprint density at radius 2 is 2.00 bits per heavy atom. The maximum Gasteiger partial charge on any atom is 0.310 e. The summed E-state index contributed by atoms with van der Waals surface area (Å²) < 4.78 is 5.99. The van der Waals surface area contributed by atoms with E-state index in [-0.39, 0.29) is 29.1 Å². The summed E-state index contributed by atoms with van der Waals surface area (Å²) in [5, 5.41) is 10.9. The van der Waals surface area contributed by atoms with Crippen molar-refractivity contribution in [1.29, 1.82) is 0 Å². The van der Waals surface area contributed by atoms with Crippen molar-refractivity contribution in [1.82, 2.24) is 0 Å². The molecule has 4 unspecified atom stereocenters. The summed E-state index contributed by atoms with van der Waals surface area (Å²) in [7, 11) is 0. The molecule has 122 valence electrons. The number of thioether (sulfide) groups is 2. The summed E-state index contributed by atoms with van der Waals surface area (Å²) in [5.74, 6) is 2.50. The number of esters is 1. The topological polar surface area (TPSA) is 46.5 Å². The van der Waals surface area contributed by atoms with Crippen LogP contribution in [0.25, 0.3) is 0 Å². The number of hydrogen-bond donors (Lipinski definition) is 1. The molecule has 3 nitrogen and oxygen atoms in total. The molecule has 2 saturated heterocycles. The summed E-state index contributed by atoms with van der Waals surface area (Å²) >= 11 is 3.92. The molecule has 0 aromatic rings. The quantitative estimate of drug-likeness (QED) is 0.587. The van der Waals surface area contributed by atoms with Gasteiger partial charge < -0.3 is 9.84 Å². The zero-order chi connectivity index (χ0) is 15.5. The van der Waals surface area contributed by atoms with Gasteiger partial charge in [0.25, 0.3) is 0 Å². The molecule has 4 rings (SSSR count). The highest BCUT2D eigenvalue weighted by Crippen LogP contribution is 2.63. The second-order valence-electron chi connectivity index (χ2n) is 7.79. The molecule has 2 aliphatic carbocycles. The lowest BCUT2D eigenvalue weighted by Crippen LogP contribution is -2.59. The maximum absolute atomic E-state index is 12.6.